The van der Waals surface area contributed by atoms with Crippen LogP contribution in [0.25, 0.3) is 16.4 Å². The molecule has 0 aliphatic carbocycles. The van der Waals surface area contributed by atoms with Crippen molar-refractivity contribution in [1.29, 1.82) is 0 Å². The molecular formula is C8H5N5. The lowest BCUT2D eigenvalue weighted by Crippen LogP contribution is -1.93. The summed E-state index contributed by atoms with van der Waals surface area (Å²) in [5.74, 6) is 0. The molecule has 62 valence electrons. The third-order valence-corrected chi connectivity index (χ3v) is 1.98. The van der Waals surface area contributed by atoms with E-state index in [0.717, 1.165) is 16.4 Å². The zero-order chi connectivity index (χ0) is 8.67. The van der Waals surface area contributed by atoms with Crippen LogP contribution in [0.3, 0.4) is 0 Å². The van der Waals surface area contributed by atoms with E-state index in [-0.39, 0.29) is 0 Å². The monoisotopic (exact) mass is 171 g/mol. The molecule has 0 saturated heterocycles. The first-order valence-electron chi connectivity index (χ1n) is 3.85. The molecule has 3 aromatic heterocycles. The van der Waals surface area contributed by atoms with Gasteiger partial charge in [0.15, 0.2) is 0 Å². The summed E-state index contributed by atoms with van der Waals surface area (Å²) in [5.41, 5.74) is 1.76. The van der Waals surface area contributed by atoms with Gasteiger partial charge in [0.2, 0.25) is 0 Å². The Morgan fingerprint density at radius 2 is 2.23 bits per heavy atom. The Morgan fingerprint density at radius 1 is 1.23 bits per heavy atom. The summed E-state index contributed by atoms with van der Waals surface area (Å²) in [6.45, 7) is 0. The van der Waals surface area contributed by atoms with E-state index in [2.05, 4.69) is 20.5 Å². The molecule has 0 atom stereocenters. The zero-order valence-corrected chi connectivity index (χ0v) is 6.62. The Kier molecular flexibility index (Phi) is 1.11. The fourth-order valence-electron chi connectivity index (χ4n) is 1.37. The van der Waals surface area contributed by atoms with Gasteiger partial charge in [-0.05, 0) is 17.3 Å². The smallest absolute Gasteiger partial charge is 0.119 e. The summed E-state index contributed by atoms with van der Waals surface area (Å²) < 4.78 is 1.78. The zero-order valence-electron chi connectivity index (χ0n) is 6.62. The Balaban J connectivity index is 2.65. The Morgan fingerprint density at radius 3 is 3.23 bits per heavy atom. The maximum atomic E-state index is 4.16. The first-order valence-corrected chi connectivity index (χ1v) is 3.85. The summed E-state index contributed by atoms with van der Waals surface area (Å²) in [6, 6.07) is 3.90. The molecule has 5 heteroatoms. The van der Waals surface area contributed by atoms with Crippen molar-refractivity contribution in [3.8, 4) is 0 Å². The minimum absolute atomic E-state index is 0.765. The highest BCUT2D eigenvalue weighted by atomic mass is 15.3. The molecule has 0 spiro atoms. The summed E-state index contributed by atoms with van der Waals surface area (Å²) in [5, 5.41) is 16.3. The third kappa shape index (κ3) is 0.807. The van der Waals surface area contributed by atoms with Crippen LogP contribution in [0.2, 0.25) is 0 Å². The van der Waals surface area contributed by atoms with Crippen molar-refractivity contribution in [2.75, 3.05) is 0 Å². The lowest BCUT2D eigenvalue weighted by molar-refractivity contribution is 0.880. The molecule has 0 amide bonds. The number of hydrogen-bond acceptors (Lipinski definition) is 4. The number of nitrogens with zero attached hydrogens (tertiary/aromatic N) is 5. The topological polar surface area (TPSA) is 56.0 Å². The van der Waals surface area contributed by atoms with Gasteiger partial charge in [-0.2, -0.15) is 5.10 Å². The molecule has 5 nitrogen and oxygen atoms in total. The molecule has 0 aliphatic heterocycles. The van der Waals surface area contributed by atoms with Crippen LogP contribution < -0.4 is 0 Å². The number of fused-ring (bicyclic) bond motifs is 3. The van der Waals surface area contributed by atoms with Gasteiger partial charge in [-0.15, -0.1) is 10.2 Å². The highest BCUT2D eigenvalue weighted by Gasteiger charge is 2.01. The predicted octanol–water partition coefficient (Wildman–Crippen LogP) is 0.672. The van der Waals surface area contributed by atoms with Gasteiger partial charge in [0.25, 0.3) is 0 Å². The number of hydrogen-bond donors (Lipinski definition) is 0. The quantitative estimate of drug-likeness (QED) is 0.499. The standard InChI is InChI=1S/C8H5N5/c1-2-8-6-4-9-12-11-7(6)5-10-13(8)3-1/h1-5H. The molecular weight excluding hydrogens is 166 g/mol. The van der Waals surface area contributed by atoms with E-state index in [1.54, 1.807) is 16.9 Å². The van der Waals surface area contributed by atoms with Gasteiger partial charge in [-0.3, -0.25) is 0 Å². The van der Waals surface area contributed by atoms with Crippen LogP contribution >= 0.6 is 0 Å². The minimum Gasteiger partial charge on any atom is -0.240 e. The molecule has 0 N–H and O–H groups in total. The molecule has 0 unspecified atom stereocenters. The third-order valence-electron chi connectivity index (χ3n) is 1.98. The predicted molar refractivity (Wildman–Crippen MR) is 46.1 cm³/mol. The second-order valence-electron chi connectivity index (χ2n) is 2.72. The van der Waals surface area contributed by atoms with E-state index < -0.39 is 0 Å². The maximum absolute atomic E-state index is 4.16. The van der Waals surface area contributed by atoms with Gasteiger partial charge >= 0.3 is 0 Å². The molecule has 0 saturated carbocycles. The van der Waals surface area contributed by atoms with Crippen LogP contribution in [0.5, 0.6) is 0 Å². The molecule has 3 rings (SSSR count). The van der Waals surface area contributed by atoms with Crippen LogP contribution in [0.4, 0.5) is 0 Å². The van der Waals surface area contributed by atoms with E-state index in [1.807, 2.05) is 18.3 Å². The van der Waals surface area contributed by atoms with Crippen molar-refractivity contribution < 1.29 is 0 Å². The molecule has 0 aliphatic rings. The first kappa shape index (κ1) is 6.47. The van der Waals surface area contributed by atoms with Crippen LogP contribution in [0.1, 0.15) is 0 Å². The average Bonchev–Trinajstić information content (AvgIpc) is 2.65. The SMILES string of the molecule is c1cc2c3cnnnc3cnn2c1. The molecule has 13 heavy (non-hydrogen) atoms. The van der Waals surface area contributed by atoms with Crippen molar-refractivity contribution in [3.05, 3.63) is 30.7 Å². The Labute approximate surface area is 73.0 Å². The van der Waals surface area contributed by atoms with Gasteiger partial charge in [0.05, 0.1) is 17.9 Å². The van der Waals surface area contributed by atoms with E-state index in [1.165, 1.54) is 0 Å². The summed E-state index contributed by atoms with van der Waals surface area (Å²) in [6.07, 6.45) is 5.26. The fraction of sp³-hybridized carbons (Fsp3) is 0. The van der Waals surface area contributed by atoms with Gasteiger partial charge in [-0.25, -0.2) is 4.52 Å². The molecule has 0 bridgehead atoms. The van der Waals surface area contributed by atoms with E-state index in [4.69, 9.17) is 0 Å². The molecule has 0 radical (unpaired) electrons. The number of rotatable bonds is 0. The van der Waals surface area contributed by atoms with Crippen molar-refractivity contribution in [3.63, 3.8) is 0 Å². The Hall–Kier alpha value is -2.04. The Bertz CT molecular complexity index is 571. The average molecular weight is 171 g/mol. The van der Waals surface area contributed by atoms with Crippen LogP contribution in [0, 0.1) is 0 Å². The second kappa shape index (κ2) is 2.22. The first-order chi connectivity index (χ1) is 6.45. The number of aromatic nitrogens is 5. The minimum atomic E-state index is 0.765. The summed E-state index contributed by atoms with van der Waals surface area (Å²) in [7, 11) is 0. The van der Waals surface area contributed by atoms with Crippen molar-refractivity contribution >= 4 is 16.4 Å². The van der Waals surface area contributed by atoms with Crippen LogP contribution in [-0.2, 0) is 0 Å². The highest BCUT2D eigenvalue weighted by Crippen LogP contribution is 2.14. The molecule has 3 heterocycles. The molecule has 0 aromatic carbocycles. The highest BCUT2D eigenvalue weighted by molar-refractivity contribution is 5.91. The molecule has 3 aromatic rings. The van der Waals surface area contributed by atoms with Crippen molar-refractivity contribution in [2.24, 2.45) is 0 Å². The van der Waals surface area contributed by atoms with Crippen LogP contribution in [0.15, 0.2) is 30.7 Å². The largest absolute Gasteiger partial charge is 0.240 e. The van der Waals surface area contributed by atoms with Gasteiger partial charge < -0.3 is 0 Å². The summed E-state index contributed by atoms with van der Waals surface area (Å²) >= 11 is 0. The van der Waals surface area contributed by atoms with Gasteiger partial charge in [-0.1, -0.05) is 0 Å². The fourth-order valence-corrected chi connectivity index (χ4v) is 1.37. The van der Waals surface area contributed by atoms with E-state index in [9.17, 15) is 0 Å². The van der Waals surface area contributed by atoms with E-state index in [0.29, 0.717) is 0 Å². The second-order valence-corrected chi connectivity index (χ2v) is 2.72. The lowest BCUT2D eigenvalue weighted by atomic mass is 10.3. The summed E-state index contributed by atoms with van der Waals surface area (Å²) in [4.78, 5) is 0. The normalized spacial score (nSPS) is 11.1. The van der Waals surface area contributed by atoms with Crippen molar-refractivity contribution in [1.82, 2.24) is 25.0 Å². The van der Waals surface area contributed by atoms with Crippen molar-refractivity contribution in [2.45, 2.75) is 0 Å². The van der Waals surface area contributed by atoms with Crippen LogP contribution in [-0.4, -0.2) is 25.0 Å². The molecule has 0 fully saturated rings. The lowest BCUT2D eigenvalue weighted by Gasteiger charge is -1.96. The van der Waals surface area contributed by atoms with Gasteiger partial charge in [0, 0.05) is 11.6 Å². The maximum Gasteiger partial charge on any atom is 0.119 e. The van der Waals surface area contributed by atoms with Gasteiger partial charge in [0.1, 0.15) is 5.52 Å². The van der Waals surface area contributed by atoms with E-state index >= 15 is 0 Å².